The van der Waals surface area contributed by atoms with E-state index in [-0.39, 0.29) is 12.3 Å². The molecule has 2 aromatic carbocycles. The molecule has 0 aliphatic rings. The number of hydrogen-bond donors (Lipinski definition) is 3. The van der Waals surface area contributed by atoms with Gasteiger partial charge in [-0.3, -0.25) is 14.4 Å². The van der Waals surface area contributed by atoms with Crippen molar-refractivity contribution in [2.45, 2.75) is 137 Å². The molecule has 4 unspecified atom stereocenters. The first-order valence-corrected chi connectivity index (χ1v) is 17.3. The first-order chi connectivity index (χ1) is 23.1. The molecule has 276 valence electrons. The van der Waals surface area contributed by atoms with Gasteiger partial charge in [-0.05, 0) is 103 Å². The van der Waals surface area contributed by atoms with E-state index in [1.54, 1.807) is 47.6 Å². The van der Waals surface area contributed by atoms with Gasteiger partial charge in [-0.25, -0.2) is 9.59 Å². The zero-order valence-electron chi connectivity index (χ0n) is 31.7. The van der Waals surface area contributed by atoms with E-state index in [1.807, 2.05) is 63.2 Å². The van der Waals surface area contributed by atoms with Crippen LogP contribution in [0.25, 0.3) is 0 Å². The van der Waals surface area contributed by atoms with Crippen LogP contribution < -0.4 is 16.4 Å². The van der Waals surface area contributed by atoms with Crippen LogP contribution in [0.3, 0.4) is 0 Å². The summed E-state index contributed by atoms with van der Waals surface area (Å²) in [4.78, 5) is 69.7. The van der Waals surface area contributed by atoms with Gasteiger partial charge >= 0.3 is 12.1 Å². The van der Waals surface area contributed by atoms with E-state index in [0.717, 1.165) is 23.1 Å². The fraction of sp³-hybridized carbons (Fsp3) is 0.564. The Bertz CT molecular complexity index is 1480. The smallest absolute Gasteiger partial charge is 0.408 e. The van der Waals surface area contributed by atoms with Gasteiger partial charge in [0.1, 0.15) is 29.3 Å². The first-order valence-electron chi connectivity index (χ1n) is 17.3. The number of benzene rings is 2. The number of carbonyl (C=O) groups excluding carboxylic acids is 5. The van der Waals surface area contributed by atoms with Crippen molar-refractivity contribution in [3.63, 3.8) is 0 Å². The quantitative estimate of drug-likeness (QED) is 0.198. The largest absolute Gasteiger partial charge is 0.458 e. The molecule has 0 heterocycles. The molecule has 0 aromatic heterocycles. The number of nitrogens with zero attached hydrogens (tertiary/aromatic N) is 1. The standard InChI is InChI=1S/C39H58N4O7/c1-24(2)17-19-27(5)43(35(46)30(23-32(40)44)42-37(48)50-39(9,10)11)33(29-20-18-25(3)26(4)21-29)34(45)41-31(36(47)49-38(6,7)8)22-28-15-13-12-14-16-28/h12-16,18,20-21,24,27,30-31,33H,17,19,22-23H2,1-11H3,(H2,40,44)(H,41,45)(H,42,48). The molecule has 4 amide bonds. The van der Waals surface area contributed by atoms with E-state index in [4.69, 9.17) is 15.2 Å². The summed E-state index contributed by atoms with van der Waals surface area (Å²) in [5.41, 5.74) is 7.03. The highest BCUT2D eigenvalue weighted by molar-refractivity contribution is 5.96. The Morgan fingerprint density at radius 2 is 1.38 bits per heavy atom. The van der Waals surface area contributed by atoms with Gasteiger partial charge in [-0.15, -0.1) is 0 Å². The Hall–Kier alpha value is -4.41. The highest BCUT2D eigenvalue weighted by Crippen LogP contribution is 2.30. The summed E-state index contributed by atoms with van der Waals surface area (Å²) >= 11 is 0. The third-order valence-corrected chi connectivity index (χ3v) is 7.95. The number of carbonyl (C=O) groups is 5. The lowest BCUT2D eigenvalue weighted by Crippen LogP contribution is -2.57. The lowest BCUT2D eigenvalue weighted by molar-refractivity contribution is -0.159. The van der Waals surface area contributed by atoms with Crippen LogP contribution >= 0.6 is 0 Å². The number of nitrogens with one attached hydrogen (secondary N) is 2. The molecular weight excluding hydrogens is 636 g/mol. The van der Waals surface area contributed by atoms with Gasteiger partial charge in [-0.1, -0.05) is 62.4 Å². The normalized spacial score (nSPS) is 14.2. The Morgan fingerprint density at radius 3 is 1.90 bits per heavy atom. The number of rotatable bonds is 15. The average Bonchev–Trinajstić information content (AvgIpc) is 2.97. The molecule has 4 N–H and O–H groups in total. The van der Waals surface area contributed by atoms with Gasteiger partial charge in [0.25, 0.3) is 0 Å². The molecule has 2 rings (SSSR count). The summed E-state index contributed by atoms with van der Waals surface area (Å²) in [6.45, 7) is 20.0. The average molecular weight is 695 g/mol. The second kappa shape index (κ2) is 18.0. The summed E-state index contributed by atoms with van der Waals surface area (Å²) in [5, 5.41) is 5.45. The summed E-state index contributed by atoms with van der Waals surface area (Å²) < 4.78 is 11.1. The van der Waals surface area contributed by atoms with Crippen LogP contribution in [0.15, 0.2) is 48.5 Å². The molecule has 50 heavy (non-hydrogen) atoms. The van der Waals surface area contributed by atoms with Gasteiger partial charge in [0.15, 0.2) is 0 Å². The van der Waals surface area contributed by atoms with Gasteiger partial charge in [0.2, 0.25) is 17.7 Å². The number of alkyl carbamates (subject to hydrolysis) is 1. The van der Waals surface area contributed by atoms with Gasteiger partial charge in [0, 0.05) is 12.5 Å². The second-order valence-corrected chi connectivity index (χ2v) is 15.5. The van der Waals surface area contributed by atoms with Gasteiger partial charge < -0.3 is 30.7 Å². The minimum absolute atomic E-state index is 0.141. The summed E-state index contributed by atoms with van der Waals surface area (Å²) in [5.74, 6) is -2.49. The number of nitrogens with two attached hydrogens (primary N) is 1. The van der Waals surface area contributed by atoms with E-state index < -0.39 is 71.6 Å². The number of amides is 4. The van der Waals surface area contributed by atoms with Crippen LogP contribution in [0.5, 0.6) is 0 Å². The van der Waals surface area contributed by atoms with E-state index in [0.29, 0.717) is 12.0 Å². The van der Waals surface area contributed by atoms with E-state index in [1.165, 1.54) is 4.90 Å². The molecule has 0 spiro atoms. The van der Waals surface area contributed by atoms with Crippen molar-refractivity contribution in [3.8, 4) is 0 Å². The van der Waals surface area contributed by atoms with Crippen molar-refractivity contribution in [2.24, 2.45) is 11.7 Å². The van der Waals surface area contributed by atoms with E-state index in [2.05, 4.69) is 24.5 Å². The van der Waals surface area contributed by atoms with Crippen LogP contribution in [0.1, 0.15) is 110 Å². The van der Waals surface area contributed by atoms with Crippen molar-refractivity contribution in [1.82, 2.24) is 15.5 Å². The molecule has 0 fully saturated rings. The Balaban J connectivity index is 2.76. The number of ether oxygens (including phenoxy) is 2. The Morgan fingerprint density at radius 1 is 0.780 bits per heavy atom. The number of aryl methyl sites for hydroxylation is 2. The third-order valence-electron chi connectivity index (χ3n) is 7.95. The molecule has 0 saturated heterocycles. The molecule has 11 nitrogen and oxygen atoms in total. The SMILES string of the molecule is Cc1ccc(C(C(=O)NC(Cc2ccccc2)C(=O)OC(C)(C)C)N(C(=O)C(CC(N)=O)NC(=O)OC(C)(C)C)C(C)CCC(C)C)cc1C. The molecule has 0 bridgehead atoms. The molecule has 2 aromatic rings. The van der Waals surface area contributed by atoms with Crippen molar-refractivity contribution in [1.29, 1.82) is 0 Å². The summed E-state index contributed by atoms with van der Waals surface area (Å²) in [7, 11) is 0. The van der Waals surface area contributed by atoms with Crippen molar-refractivity contribution in [3.05, 3.63) is 70.8 Å². The summed E-state index contributed by atoms with van der Waals surface area (Å²) in [6, 6.07) is 10.4. The van der Waals surface area contributed by atoms with Gasteiger partial charge in [0.05, 0.1) is 6.42 Å². The molecule has 0 aliphatic heterocycles. The van der Waals surface area contributed by atoms with Crippen LogP contribution in [-0.2, 0) is 35.1 Å². The van der Waals surface area contributed by atoms with E-state index >= 15 is 0 Å². The molecule has 11 heteroatoms. The van der Waals surface area contributed by atoms with Crippen LogP contribution in [-0.4, -0.2) is 64.0 Å². The highest BCUT2D eigenvalue weighted by atomic mass is 16.6. The molecule has 0 aliphatic carbocycles. The topological polar surface area (TPSA) is 157 Å². The van der Waals surface area contributed by atoms with Crippen molar-refractivity contribution >= 4 is 29.8 Å². The lowest BCUT2D eigenvalue weighted by atomic mass is 9.94. The van der Waals surface area contributed by atoms with E-state index in [9.17, 15) is 24.0 Å². The molecule has 0 saturated carbocycles. The molecule has 4 atom stereocenters. The minimum Gasteiger partial charge on any atom is -0.458 e. The van der Waals surface area contributed by atoms with Crippen LogP contribution in [0.2, 0.25) is 0 Å². The maximum absolute atomic E-state index is 14.7. The number of primary amides is 1. The highest BCUT2D eigenvalue weighted by Gasteiger charge is 2.41. The second-order valence-electron chi connectivity index (χ2n) is 15.5. The van der Waals surface area contributed by atoms with Gasteiger partial charge in [-0.2, -0.15) is 0 Å². The van der Waals surface area contributed by atoms with Crippen LogP contribution in [0.4, 0.5) is 4.79 Å². The van der Waals surface area contributed by atoms with Crippen LogP contribution in [0, 0.1) is 19.8 Å². The predicted octanol–water partition coefficient (Wildman–Crippen LogP) is 5.84. The first kappa shape index (κ1) is 41.8. The number of esters is 1. The van der Waals surface area contributed by atoms with Crippen molar-refractivity contribution < 1.29 is 33.4 Å². The van der Waals surface area contributed by atoms with Crippen molar-refractivity contribution in [2.75, 3.05) is 0 Å². The predicted molar refractivity (Wildman–Crippen MR) is 194 cm³/mol. The minimum atomic E-state index is -1.43. The Labute approximate surface area is 298 Å². The zero-order valence-corrected chi connectivity index (χ0v) is 31.7. The fourth-order valence-corrected chi connectivity index (χ4v) is 5.38. The zero-order chi connectivity index (χ0) is 38.0. The monoisotopic (exact) mass is 694 g/mol. The fourth-order valence-electron chi connectivity index (χ4n) is 5.38. The molecular formula is C39H58N4O7. The number of hydrogen-bond acceptors (Lipinski definition) is 7. The maximum atomic E-state index is 14.7. The Kier molecular flexibility index (Phi) is 15.0. The lowest BCUT2D eigenvalue weighted by Gasteiger charge is -2.39. The summed E-state index contributed by atoms with van der Waals surface area (Å²) in [6.07, 6.45) is -0.0653. The maximum Gasteiger partial charge on any atom is 0.408 e. The molecule has 0 radical (unpaired) electrons. The third kappa shape index (κ3) is 13.8.